The Morgan fingerprint density at radius 1 is 0.806 bits per heavy atom. The number of anilines is 2. The fraction of sp³-hybridized carbons (Fsp3) is 0.500. The second kappa shape index (κ2) is 9.82. The van der Waals surface area contributed by atoms with Gasteiger partial charge in [-0.3, -0.25) is 4.79 Å². The van der Waals surface area contributed by atoms with Crippen LogP contribution in [0.4, 0.5) is 11.6 Å². The highest BCUT2D eigenvalue weighted by molar-refractivity contribution is 5.78. The molecule has 2 aliphatic rings. The van der Waals surface area contributed by atoms with Crippen molar-refractivity contribution in [2.45, 2.75) is 0 Å². The quantitative estimate of drug-likeness (QED) is 0.677. The second-order valence-corrected chi connectivity index (χ2v) is 7.87. The van der Waals surface area contributed by atoms with E-state index in [1.165, 1.54) is 0 Å². The molecule has 0 saturated carbocycles. The van der Waals surface area contributed by atoms with Crippen LogP contribution in [0, 0.1) is 0 Å². The number of rotatable bonds is 6. The van der Waals surface area contributed by atoms with Gasteiger partial charge in [-0.2, -0.15) is 0 Å². The minimum atomic E-state index is -0.00744. The first-order valence-corrected chi connectivity index (χ1v) is 10.7. The third kappa shape index (κ3) is 5.35. The van der Waals surface area contributed by atoms with E-state index < -0.39 is 0 Å². The molecule has 0 aliphatic carbocycles. The zero-order valence-electron chi connectivity index (χ0n) is 18.2. The highest BCUT2D eigenvalue weighted by Gasteiger charge is 2.23. The van der Waals surface area contributed by atoms with Crippen molar-refractivity contribution in [1.29, 1.82) is 0 Å². The molecule has 2 aliphatic heterocycles. The lowest BCUT2D eigenvalue weighted by Crippen LogP contribution is -2.50. The Morgan fingerprint density at radius 3 is 1.84 bits per heavy atom. The summed E-state index contributed by atoms with van der Waals surface area (Å²) in [5.41, 5.74) is 0. The van der Waals surface area contributed by atoms with Crippen LogP contribution in [0.2, 0.25) is 0 Å². The van der Waals surface area contributed by atoms with E-state index in [1.807, 2.05) is 29.2 Å². The first-order chi connectivity index (χ1) is 15.1. The lowest BCUT2D eigenvalue weighted by atomic mass is 10.3. The van der Waals surface area contributed by atoms with E-state index in [4.69, 9.17) is 9.47 Å². The molecule has 4 rings (SSSR count). The Kier molecular flexibility index (Phi) is 6.71. The molecule has 2 fully saturated rings. The first-order valence-electron chi connectivity index (χ1n) is 10.7. The summed E-state index contributed by atoms with van der Waals surface area (Å²) in [6.07, 6.45) is 0. The fourth-order valence-corrected chi connectivity index (χ4v) is 3.78. The van der Waals surface area contributed by atoms with E-state index in [-0.39, 0.29) is 12.5 Å². The van der Waals surface area contributed by atoms with Crippen LogP contribution >= 0.6 is 0 Å². The van der Waals surface area contributed by atoms with Crippen molar-refractivity contribution in [1.82, 2.24) is 20.0 Å². The Labute approximate surface area is 183 Å². The van der Waals surface area contributed by atoms with Crippen molar-refractivity contribution < 1.29 is 14.3 Å². The van der Waals surface area contributed by atoms with E-state index in [0.29, 0.717) is 18.8 Å². The molecule has 9 nitrogen and oxygen atoms in total. The lowest BCUT2D eigenvalue weighted by Gasteiger charge is -2.35. The molecule has 1 amide bonds. The molecule has 2 saturated heterocycles. The fourth-order valence-electron chi connectivity index (χ4n) is 3.78. The summed E-state index contributed by atoms with van der Waals surface area (Å²) in [6.45, 7) is 6.83. The van der Waals surface area contributed by atoms with Gasteiger partial charge in [-0.05, 0) is 43.4 Å². The molecule has 9 heteroatoms. The number of aromatic nitrogens is 2. The average Bonchev–Trinajstić information content (AvgIpc) is 2.83. The van der Waals surface area contributed by atoms with Crippen molar-refractivity contribution >= 4 is 17.5 Å². The summed E-state index contributed by atoms with van der Waals surface area (Å²) < 4.78 is 10.7. The van der Waals surface area contributed by atoms with Crippen LogP contribution in [0.15, 0.2) is 36.4 Å². The second-order valence-electron chi connectivity index (χ2n) is 7.87. The predicted molar refractivity (Wildman–Crippen MR) is 119 cm³/mol. The number of ether oxygens (including phenoxy) is 2. The largest absolute Gasteiger partial charge is 0.497 e. The Balaban J connectivity index is 1.23. The van der Waals surface area contributed by atoms with Gasteiger partial charge in [0.2, 0.25) is 0 Å². The van der Waals surface area contributed by atoms with Gasteiger partial charge < -0.3 is 29.1 Å². The van der Waals surface area contributed by atoms with Crippen LogP contribution in [-0.2, 0) is 4.79 Å². The SMILES string of the molecule is COc1ccc(OCC(=O)N2CCN(c3ccc(N4CCN(C)CC4)nn3)CC2)cc1. The third-order valence-corrected chi connectivity index (χ3v) is 5.84. The molecular formula is C22H30N6O3. The van der Waals surface area contributed by atoms with Gasteiger partial charge in [-0.15, -0.1) is 10.2 Å². The monoisotopic (exact) mass is 426 g/mol. The Hall–Kier alpha value is -3.07. The van der Waals surface area contributed by atoms with Crippen LogP contribution in [-0.4, -0.2) is 99.0 Å². The molecule has 31 heavy (non-hydrogen) atoms. The Morgan fingerprint density at radius 2 is 1.32 bits per heavy atom. The van der Waals surface area contributed by atoms with E-state index >= 15 is 0 Å². The number of benzene rings is 1. The van der Waals surface area contributed by atoms with Gasteiger partial charge in [0.25, 0.3) is 5.91 Å². The molecule has 0 N–H and O–H groups in total. The normalized spacial score (nSPS) is 17.5. The van der Waals surface area contributed by atoms with Gasteiger partial charge in [0.15, 0.2) is 18.2 Å². The highest BCUT2D eigenvalue weighted by Crippen LogP contribution is 2.19. The topological polar surface area (TPSA) is 74.3 Å². The van der Waals surface area contributed by atoms with Crippen LogP contribution < -0.4 is 19.3 Å². The number of carbonyl (C=O) groups is 1. The minimum Gasteiger partial charge on any atom is -0.497 e. The molecule has 166 valence electrons. The summed E-state index contributed by atoms with van der Waals surface area (Å²) in [5.74, 6) is 3.20. The van der Waals surface area contributed by atoms with E-state index in [9.17, 15) is 4.79 Å². The van der Waals surface area contributed by atoms with Gasteiger partial charge in [-0.1, -0.05) is 0 Å². The molecule has 0 radical (unpaired) electrons. The van der Waals surface area contributed by atoms with Gasteiger partial charge in [0.1, 0.15) is 11.5 Å². The van der Waals surface area contributed by atoms with E-state index in [2.05, 4.69) is 31.9 Å². The summed E-state index contributed by atoms with van der Waals surface area (Å²) in [5, 5.41) is 8.88. The summed E-state index contributed by atoms with van der Waals surface area (Å²) in [6, 6.07) is 11.3. The number of nitrogens with zero attached hydrogens (tertiary/aromatic N) is 6. The van der Waals surface area contributed by atoms with Crippen molar-refractivity contribution in [2.75, 3.05) is 82.9 Å². The maximum absolute atomic E-state index is 12.5. The number of likely N-dealkylation sites (N-methyl/N-ethyl adjacent to an activating group) is 1. The number of hydrogen-bond donors (Lipinski definition) is 0. The van der Waals surface area contributed by atoms with Crippen molar-refractivity contribution in [3.63, 3.8) is 0 Å². The van der Waals surface area contributed by atoms with Gasteiger partial charge in [0, 0.05) is 52.4 Å². The standard InChI is InChI=1S/C22H30N6O3/c1-25-9-11-26(12-10-25)20-7-8-21(24-23-20)27-13-15-28(16-14-27)22(29)17-31-19-5-3-18(30-2)4-6-19/h3-8H,9-17H2,1-2H3. The highest BCUT2D eigenvalue weighted by atomic mass is 16.5. The third-order valence-electron chi connectivity index (χ3n) is 5.84. The van der Waals surface area contributed by atoms with Crippen molar-refractivity contribution in [3.8, 4) is 11.5 Å². The number of hydrogen-bond acceptors (Lipinski definition) is 8. The Bertz CT molecular complexity index is 845. The van der Waals surface area contributed by atoms with Gasteiger partial charge in [0.05, 0.1) is 7.11 Å². The summed E-state index contributed by atoms with van der Waals surface area (Å²) in [7, 11) is 3.76. The number of amides is 1. The predicted octanol–water partition coefficient (Wildman–Crippen LogP) is 0.965. The van der Waals surface area contributed by atoms with Crippen LogP contribution in [0.25, 0.3) is 0 Å². The van der Waals surface area contributed by atoms with Crippen LogP contribution in [0.3, 0.4) is 0 Å². The molecule has 2 aromatic rings. The molecular weight excluding hydrogens is 396 g/mol. The van der Waals surface area contributed by atoms with Crippen LogP contribution in [0.5, 0.6) is 11.5 Å². The van der Waals surface area contributed by atoms with Crippen molar-refractivity contribution in [3.05, 3.63) is 36.4 Å². The summed E-state index contributed by atoms with van der Waals surface area (Å²) in [4.78, 5) is 21.1. The zero-order valence-corrected chi connectivity index (χ0v) is 18.2. The van der Waals surface area contributed by atoms with E-state index in [1.54, 1.807) is 19.2 Å². The van der Waals surface area contributed by atoms with E-state index in [0.717, 1.165) is 56.7 Å². The molecule has 0 atom stereocenters. The molecule has 0 spiro atoms. The smallest absolute Gasteiger partial charge is 0.260 e. The number of methoxy groups -OCH3 is 1. The molecule has 1 aromatic heterocycles. The molecule has 1 aromatic carbocycles. The van der Waals surface area contributed by atoms with Crippen molar-refractivity contribution in [2.24, 2.45) is 0 Å². The summed E-state index contributed by atoms with van der Waals surface area (Å²) >= 11 is 0. The zero-order chi connectivity index (χ0) is 21.6. The van der Waals surface area contributed by atoms with Crippen LogP contribution in [0.1, 0.15) is 0 Å². The lowest BCUT2D eigenvalue weighted by molar-refractivity contribution is -0.133. The maximum atomic E-state index is 12.5. The number of piperazine rings is 2. The maximum Gasteiger partial charge on any atom is 0.260 e. The molecule has 3 heterocycles. The van der Waals surface area contributed by atoms with Gasteiger partial charge in [-0.25, -0.2) is 0 Å². The molecule has 0 unspecified atom stereocenters. The first kappa shape index (κ1) is 21.2. The number of carbonyl (C=O) groups excluding carboxylic acids is 1. The minimum absolute atomic E-state index is 0.00744. The van der Waals surface area contributed by atoms with Gasteiger partial charge >= 0.3 is 0 Å². The average molecular weight is 427 g/mol. The molecule has 0 bridgehead atoms.